The van der Waals surface area contributed by atoms with Crippen LogP contribution in [0.15, 0.2) is 46.7 Å². The second-order valence-corrected chi connectivity index (χ2v) is 6.89. The van der Waals surface area contributed by atoms with Crippen molar-refractivity contribution in [2.45, 2.75) is 4.90 Å². The first-order valence-electron chi connectivity index (χ1n) is 5.26. The zero-order valence-electron chi connectivity index (χ0n) is 9.91. The number of carbonyl (C=O) groups excluding carboxylic acids is 1. The Labute approximate surface area is 120 Å². The predicted octanol–water partition coefficient (Wildman–Crippen LogP) is 2.95. The number of hydrogen-bond acceptors (Lipinski definition) is 4. The molecule has 0 bridgehead atoms. The van der Waals surface area contributed by atoms with Crippen molar-refractivity contribution >= 4 is 43.9 Å². The molecule has 4 nitrogen and oxygen atoms in total. The van der Waals surface area contributed by atoms with Crippen LogP contribution < -0.4 is 4.31 Å². The van der Waals surface area contributed by atoms with Gasteiger partial charge in [0.05, 0.1) is 5.69 Å². The summed E-state index contributed by atoms with van der Waals surface area (Å²) in [5, 5.41) is 0.761. The first-order valence-corrected chi connectivity index (χ1v) is 7.95. The van der Waals surface area contributed by atoms with E-state index in [0.717, 1.165) is 15.6 Å². The van der Waals surface area contributed by atoms with Gasteiger partial charge in [-0.15, -0.1) is 11.3 Å². The summed E-state index contributed by atoms with van der Waals surface area (Å²) in [5.41, 5.74) is 0.515. The molecule has 2 aromatic rings. The van der Waals surface area contributed by atoms with Gasteiger partial charge in [0.15, 0.2) is 0 Å². The second kappa shape index (κ2) is 5.32. The van der Waals surface area contributed by atoms with Crippen molar-refractivity contribution in [3.63, 3.8) is 0 Å². The van der Waals surface area contributed by atoms with Crippen LogP contribution in [0.25, 0.3) is 0 Å². The van der Waals surface area contributed by atoms with E-state index in [-0.39, 0.29) is 9.77 Å². The minimum absolute atomic E-state index is 0.0319. The summed E-state index contributed by atoms with van der Waals surface area (Å²) in [6.07, 6.45) is 0. The fourth-order valence-electron chi connectivity index (χ4n) is 1.57. The summed E-state index contributed by atoms with van der Waals surface area (Å²) in [7, 11) is -2.35. The van der Waals surface area contributed by atoms with Crippen LogP contribution in [0.3, 0.4) is 0 Å². The average molecular weight is 316 g/mol. The summed E-state index contributed by atoms with van der Waals surface area (Å²) < 4.78 is 26.0. The first-order chi connectivity index (χ1) is 8.94. The highest BCUT2D eigenvalue weighted by atomic mass is 35.5. The van der Waals surface area contributed by atoms with E-state index in [1.54, 1.807) is 30.3 Å². The number of nitrogens with zero attached hydrogens (tertiary/aromatic N) is 1. The molecule has 2 rings (SSSR count). The van der Waals surface area contributed by atoms with Gasteiger partial charge in [-0.1, -0.05) is 18.2 Å². The number of benzene rings is 1. The van der Waals surface area contributed by atoms with Crippen molar-refractivity contribution in [1.82, 2.24) is 0 Å². The van der Waals surface area contributed by atoms with Crippen molar-refractivity contribution in [3.8, 4) is 0 Å². The molecule has 0 atom stereocenters. The molecule has 0 radical (unpaired) electrons. The predicted molar refractivity (Wildman–Crippen MR) is 76.5 cm³/mol. The Kier molecular flexibility index (Phi) is 3.93. The van der Waals surface area contributed by atoms with Crippen molar-refractivity contribution in [1.29, 1.82) is 0 Å². The Bertz CT molecular complexity index is 695. The SMILES string of the molecule is CN(c1ccccc1)S(=O)(=O)c1ccsc1C(=O)Cl. The van der Waals surface area contributed by atoms with Crippen molar-refractivity contribution < 1.29 is 13.2 Å². The molecule has 1 heterocycles. The summed E-state index contributed by atoms with van der Waals surface area (Å²) in [4.78, 5) is 11.2. The van der Waals surface area contributed by atoms with Gasteiger partial charge < -0.3 is 0 Å². The number of carbonyl (C=O) groups is 1. The third-order valence-electron chi connectivity index (χ3n) is 2.57. The maximum absolute atomic E-state index is 12.4. The van der Waals surface area contributed by atoms with Crippen LogP contribution in [0.5, 0.6) is 0 Å². The highest BCUT2D eigenvalue weighted by molar-refractivity contribution is 7.93. The molecule has 0 aliphatic heterocycles. The number of para-hydroxylation sites is 1. The fourth-order valence-corrected chi connectivity index (χ4v) is 4.28. The lowest BCUT2D eigenvalue weighted by atomic mass is 10.3. The summed E-state index contributed by atoms with van der Waals surface area (Å²) >= 11 is 6.40. The molecule has 1 aromatic carbocycles. The van der Waals surface area contributed by atoms with Gasteiger partial charge in [0.1, 0.15) is 9.77 Å². The van der Waals surface area contributed by atoms with E-state index >= 15 is 0 Å². The van der Waals surface area contributed by atoms with Crippen LogP contribution in [0.2, 0.25) is 0 Å². The summed E-state index contributed by atoms with van der Waals surface area (Å²) in [6.45, 7) is 0. The Morgan fingerprint density at radius 1 is 1.21 bits per heavy atom. The van der Waals surface area contributed by atoms with Crippen LogP contribution in [0.4, 0.5) is 5.69 Å². The highest BCUT2D eigenvalue weighted by Gasteiger charge is 2.27. The lowest BCUT2D eigenvalue weighted by molar-refractivity contribution is 0.108. The Balaban J connectivity index is 2.49. The molecule has 0 amide bonds. The molecule has 0 aliphatic carbocycles. The highest BCUT2D eigenvalue weighted by Crippen LogP contribution is 2.28. The minimum Gasteiger partial charge on any atom is -0.275 e. The number of sulfonamides is 1. The molecule has 0 saturated carbocycles. The van der Waals surface area contributed by atoms with Crippen LogP contribution in [0, 0.1) is 0 Å². The molecule has 0 aliphatic rings. The molecule has 1 aromatic heterocycles. The fraction of sp³-hybridized carbons (Fsp3) is 0.0833. The van der Waals surface area contributed by atoms with Crippen molar-refractivity contribution in [2.75, 3.05) is 11.4 Å². The standard InChI is InChI=1S/C12H10ClNO3S2/c1-14(9-5-3-2-4-6-9)19(16,17)10-7-8-18-11(10)12(13)15/h2-8H,1H3. The van der Waals surface area contributed by atoms with E-state index in [1.807, 2.05) is 0 Å². The van der Waals surface area contributed by atoms with E-state index in [0.29, 0.717) is 5.69 Å². The van der Waals surface area contributed by atoms with E-state index in [2.05, 4.69) is 0 Å². The third kappa shape index (κ3) is 2.65. The van der Waals surface area contributed by atoms with E-state index < -0.39 is 15.3 Å². The number of thiophene rings is 1. The lowest BCUT2D eigenvalue weighted by Gasteiger charge is -2.19. The van der Waals surface area contributed by atoms with E-state index in [4.69, 9.17) is 11.6 Å². The third-order valence-corrected chi connectivity index (χ3v) is 5.74. The molecule has 19 heavy (non-hydrogen) atoms. The monoisotopic (exact) mass is 315 g/mol. The molecule has 0 saturated heterocycles. The summed E-state index contributed by atoms with van der Waals surface area (Å²) in [6, 6.07) is 10.0. The lowest BCUT2D eigenvalue weighted by Crippen LogP contribution is -2.27. The zero-order valence-corrected chi connectivity index (χ0v) is 12.3. The smallest absolute Gasteiger partial charge is 0.265 e. The molecular formula is C12H10ClNO3S2. The molecule has 0 fully saturated rings. The van der Waals surface area contributed by atoms with E-state index in [1.165, 1.54) is 18.5 Å². The van der Waals surface area contributed by atoms with Gasteiger partial charge >= 0.3 is 0 Å². The van der Waals surface area contributed by atoms with Crippen LogP contribution in [-0.2, 0) is 10.0 Å². The minimum atomic E-state index is -3.79. The maximum atomic E-state index is 12.4. The van der Waals surface area contributed by atoms with Gasteiger partial charge in [0.25, 0.3) is 15.3 Å². The quantitative estimate of drug-likeness (QED) is 0.815. The van der Waals surface area contributed by atoms with Crippen molar-refractivity contribution in [2.24, 2.45) is 0 Å². The number of rotatable bonds is 4. The topological polar surface area (TPSA) is 54.5 Å². The van der Waals surface area contributed by atoms with Crippen LogP contribution >= 0.6 is 22.9 Å². The zero-order chi connectivity index (χ0) is 14.0. The van der Waals surface area contributed by atoms with E-state index in [9.17, 15) is 13.2 Å². The average Bonchev–Trinajstić information content (AvgIpc) is 2.89. The molecule has 7 heteroatoms. The molecular weight excluding hydrogens is 306 g/mol. The van der Waals surface area contributed by atoms with Crippen LogP contribution in [-0.4, -0.2) is 20.7 Å². The maximum Gasteiger partial charge on any atom is 0.265 e. The molecule has 0 N–H and O–H groups in total. The Morgan fingerprint density at radius 3 is 2.42 bits per heavy atom. The molecule has 100 valence electrons. The Morgan fingerprint density at radius 2 is 1.84 bits per heavy atom. The second-order valence-electron chi connectivity index (χ2n) is 3.70. The van der Waals surface area contributed by atoms with Gasteiger partial charge in [0, 0.05) is 7.05 Å². The van der Waals surface area contributed by atoms with Gasteiger partial charge in [0.2, 0.25) is 0 Å². The van der Waals surface area contributed by atoms with Crippen LogP contribution in [0.1, 0.15) is 9.67 Å². The van der Waals surface area contributed by atoms with Gasteiger partial charge in [-0.25, -0.2) is 8.42 Å². The first kappa shape index (κ1) is 14.0. The summed E-state index contributed by atoms with van der Waals surface area (Å²) in [5.74, 6) is 0. The normalized spacial score (nSPS) is 11.3. The number of anilines is 1. The number of halogens is 1. The Hall–Kier alpha value is -1.37. The van der Waals surface area contributed by atoms with Gasteiger partial charge in [-0.05, 0) is 35.2 Å². The van der Waals surface area contributed by atoms with Gasteiger partial charge in [-0.2, -0.15) is 0 Å². The van der Waals surface area contributed by atoms with Crippen molar-refractivity contribution in [3.05, 3.63) is 46.7 Å². The van der Waals surface area contributed by atoms with Gasteiger partial charge in [-0.3, -0.25) is 9.10 Å². The molecule has 0 unspecified atom stereocenters. The molecule has 0 spiro atoms. The number of hydrogen-bond donors (Lipinski definition) is 0. The largest absolute Gasteiger partial charge is 0.275 e.